The van der Waals surface area contributed by atoms with Crippen molar-refractivity contribution in [3.8, 4) is 17.0 Å². The Bertz CT molecular complexity index is 975. The maximum absolute atomic E-state index is 12.5. The second-order valence-corrected chi connectivity index (χ2v) is 7.12. The number of ether oxygens (including phenoxy) is 1. The number of amides is 1. The average Bonchev–Trinajstić information content (AvgIpc) is 2.79. The standard InChI is InChI=1S/C22H21ClN4O2/c23-18-8-4-5-9-20(18)29-15-22(28)27-12-10-26(11-13-27)21-14-19(24-16-25-21)17-6-2-1-3-7-17/h1-9,14,16H,10-13,15H2. The summed E-state index contributed by atoms with van der Waals surface area (Å²) < 4.78 is 5.57. The van der Waals surface area contributed by atoms with Crippen LogP contribution in [0.25, 0.3) is 11.3 Å². The van der Waals surface area contributed by atoms with Crippen LogP contribution in [0.5, 0.6) is 5.75 Å². The third kappa shape index (κ3) is 4.66. The SMILES string of the molecule is O=C(COc1ccccc1Cl)N1CCN(c2cc(-c3ccccc3)ncn2)CC1. The minimum atomic E-state index is -0.0442. The van der Waals surface area contributed by atoms with Crippen LogP contribution in [0.3, 0.4) is 0 Å². The molecule has 0 saturated carbocycles. The van der Waals surface area contributed by atoms with Crippen LogP contribution >= 0.6 is 11.6 Å². The molecule has 2 aromatic carbocycles. The Kier molecular flexibility index (Phi) is 5.91. The van der Waals surface area contributed by atoms with E-state index in [1.165, 1.54) is 0 Å². The van der Waals surface area contributed by atoms with Crippen LogP contribution in [0.2, 0.25) is 5.02 Å². The van der Waals surface area contributed by atoms with Crippen molar-refractivity contribution >= 4 is 23.3 Å². The predicted octanol–water partition coefficient (Wildman–Crippen LogP) is 3.52. The second kappa shape index (κ2) is 8.92. The van der Waals surface area contributed by atoms with Crippen molar-refractivity contribution < 1.29 is 9.53 Å². The number of piperazine rings is 1. The predicted molar refractivity (Wildman–Crippen MR) is 113 cm³/mol. The molecule has 1 saturated heterocycles. The molecule has 2 heterocycles. The second-order valence-electron chi connectivity index (χ2n) is 6.71. The molecule has 6 nitrogen and oxygen atoms in total. The molecule has 0 spiro atoms. The van der Waals surface area contributed by atoms with Gasteiger partial charge in [-0.25, -0.2) is 9.97 Å². The summed E-state index contributed by atoms with van der Waals surface area (Å²) in [7, 11) is 0. The van der Waals surface area contributed by atoms with Gasteiger partial charge in [-0.2, -0.15) is 0 Å². The molecule has 0 bridgehead atoms. The minimum Gasteiger partial charge on any atom is -0.482 e. The number of hydrogen-bond donors (Lipinski definition) is 0. The largest absolute Gasteiger partial charge is 0.482 e. The first kappa shape index (κ1) is 19.2. The van der Waals surface area contributed by atoms with E-state index in [4.69, 9.17) is 16.3 Å². The summed E-state index contributed by atoms with van der Waals surface area (Å²) in [4.78, 5) is 25.3. The van der Waals surface area contributed by atoms with Gasteiger partial charge in [0.15, 0.2) is 6.61 Å². The quantitative estimate of drug-likeness (QED) is 0.646. The number of para-hydroxylation sites is 1. The molecule has 1 aliphatic rings. The van der Waals surface area contributed by atoms with E-state index >= 15 is 0 Å². The number of halogens is 1. The normalized spacial score (nSPS) is 14.0. The number of anilines is 1. The highest BCUT2D eigenvalue weighted by Crippen LogP contribution is 2.24. The third-order valence-electron chi connectivity index (χ3n) is 4.87. The Hall–Kier alpha value is -3.12. The van der Waals surface area contributed by atoms with Crippen LogP contribution in [0.1, 0.15) is 0 Å². The summed E-state index contributed by atoms with van der Waals surface area (Å²) in [5.41, 5.74) is 1.95. The fourth-order valence-electron chi connectivity index (χ4n) is 3.26. The smallest absolute Gasteiger partial charge is 0.260 e. The lowest BCUT2D eigenvalue weighted by Crippen LogP contribution is -2.50. The van der Waals surface area contributed by atoms with Crippen LogP contribution < -0.4 is 9.64 Å². The lowest BCUT2D eigenvalue weighted by Gasteiger charge is -2.35. The van der Waals surface area contributed by atoms with E-state index < -0.39 is 0 Å². The van der Waals surface area contributed by atoms with E-state index in [1.54, 1.807) is 18.5 Å². The lowest BCUT2D eigenvalue weighted by atomic mass is 10.1. The van der Waals surface area contributed by atoms with Crippen molar-refractivity contribution in [1.82, 2.24) is 14.9 Å². The maximum atomic E-state index is 12.5. The molecule has 148 valence electrons. The molecule has 4 rings (SSSR count). The Labute approximate surface area is 174 Å². The zero-order chi connectivity index (χ0) is 20.1. The van der Waals surface area contributed by atoms with Gasteiger partial charge in [0.1, 0.15) is 17.9 Å². The van der Waals surface area contributed by atoms with Gasteiger partial charge in [0, 0.05) is 37.8 Å². The fourth-order valence-corrected chi connectivity index (χ4v) is 3.45. The fraction of sp³-hybridized carbons (Fsp3) is 0.227. The lowest BCUT2D eigenvalue weighted by molar-refractivity contribution is -0.133. The van der Waals surface area contributed by atoms with Gasteiger partial charge in [-0.15, -0.1) is 0 Å². The third-order valence-corrected chi connectivity index (χ3v) is 5.18. The highest BCUT2D eigenvalue weighted by atomic mass is 35.5. The Morgan fingerprint density at radius 2 is 1.69 bits per heavy atom. The molecule has 29 heavy (non-hydrogen) atoms. The minimum absolute atomic E-state index is 0.0185. The molecule has 0 unspecified atom stereocenters. The summed E-state index contributed by atoms with van der Waals surface area (Å²) in [6, 6.07) is 19.2. The first-order chi connectivity index (χ1) is 14.2. The van der Waals surface area contributed by atoms with Crippen molar-refractivity contribution in [1.29, 1.82) is 0 Å². The number of benzene rings is 2. The van der Waals surface area contributed by atoms with Gasteiger partial charge < -0.3 is 14.5 Å². The summed E-state index contributed by atoms with van der Waals surface area (Å²) in [6.07, 6.45) is 1.59. The molecule has 7 heteroatoms. The molecule has 1 fully saturated rings. The Morgan fingerprint density at radius 3 is 2.45 bits per heavy atom. The summed E-state index contributed by atoms with van der Waals surface area (Å²) in [5.74, 6) is 1.35. The molecule has 0 N–H and O–H groups in total. The monoisotopic (exact) mass is 408 g/mol. The summed E-state index contributed by atoms with van der Waals surface area (Å²) >= 11 is 6.07. The van der Waals surface area contributed by atoms with Crippen LogP contribution in [-0.2, 0) is 4.79 Å². The molecular formula is C22H21ClN4O2. The van der Waals surface area contributed by atoms with E-state index in [2.05, 4.69) is 14.9 Å². The van der Waals surface area contributed by atoms with Crippen molar-refractivity contribution in [2.45, 2.75) is 0 Å². The molecular weight excluding hydrogens is 388 g/mol. The van der Waals surface area contributed by atoms with Crippen molar-refractivity contribution in [3.63, 3.8) is 0 Å². The topological polar surface area (TPSA) is 58.6 Å². The highest BCUT2D eigenvalue weighted by molar-refractivity contribution is 6.32. The zero-order valence-corrected chi connectivity index (χ0v) is 16.6. The van der Waals surface area contributed by atoms with Gasteiger partial charge in [0.05, 0.1) is 10.7 Å². The van der Waals surface area contributed by atoms with Crippen molar-refractivity contribution in [2.24, 2.45) is 0 Å². The van der Waals surface area contributed by atoms with Crippen molar-refractivity contribution in [2.75, 3.05) is 37.7 Å². The van der Waals surface area contributed by atoms with E-state index in [0.29, 0.717) is 37.0 Å². The van der Waals surface area contributed by atoms with Gasteiger partial charge in [-0.3, -0.25) is 4.79 Å². The summed E-state index contributed by atoms with van der Waals surface area (Å²) in [6.45, 7) is 2.65. The van der Waals surface area contributed by atoms with Crippen LogP contribution in [0.4, 0.5) is 5.82 Å². The van der Waals surface area contributed by atoms with E-state index in [0.717, 1.165) is 17.1 Å². The number of nitrogens with zero attached hydrogens (tertiary/aromatic N) is 4. The number of carbonyl (C=O) groups excluding carboxylic acids is 1. The number of carbonyl (C=O) groups is 1. The van der Waals surface area contributed by atoms with E-state index in [1.807, 2.05) is 53.4 Å². The zero-order valence-electron chi connectivity index (χ0n) is 15.9. The van der Waals surface area contributed by atoms with Gasteiger partial charge in [-0.1, -0.05) is 54.1 Å². The number of hydrogen-bond acceptors (Lipinski definition) is 5. The maximum Gasteiger partial charge on any atom is 0.260 e. The first-order valence-corrected chi connectivity index (χ1v) is 9.86. The van der Waals surface area contributed by atoms with Crippen LogP contribution in [0, 0.1) is 0 Å². The van der Waals surface area contributed by atoms with Gasteiger partial charge >= 0.3 is 0 Å². The van der Waals surface area contributed by atoms with E-state index in [-0.39, 0.29) is 12.5 Å². The molecule has 0 aliphatic carbocycles. The Balaban J connectivity index is 1.34. The van der Waals surface area contributed by atoms with Gasteiger partial charge in [0.25, 0.3) is 5.91 Å². The molecule has 1 amide bonds. The van der Waals surface area contributed by atoms with Crippen LogP contribution in [-0.4, -0.2) is 53.6 Å². The van der Waals surface area contributed by atoms with Crippen molar-refractivity contribution in [3.05, 3.63) is 72.0 Å². The number of aromatic nitrogens is 2. The molecule has 3 aromatic rings. The first-order valence-electron chi connectivity index (χ1n) is 9.48. The molecule has 0 radical (unpaired) electrons. The summed E-state index contributed by atoms with van der Waals surface area (Å²) in [5, 5.41) is 0.503. The average molecular weight is 409 g/mol. The Morgan fingerprint density at radius 1 is 0.966 bits per heavy atom. The highest BCUT2D eigenvalue weighted by Gasteiger charge is 2.22. The molecule has 1 aromatic heterocycles. The molecule has 1 aliphatic heterocycles. The van der Waals surface area contributed by atoms with E-state index in [9.17, 15) is 4.79 Å². The van der Waals surface area contributed by atoms with Gasteiger partial charge in [-0.05, 0) is 12.1 Å². The van der Waals surface area contributed by atoms with Crippen LogP contribution in [0.15, 0.2) is 67.0 Å². The number of rotatable bonds is 5. The van der Waals surface area contributed by atoms with Gasteiger partial charge in [0.2, 0.25) is 0 Å². The molecule has 0 atom stereocenters.